The molecule has 1 aliphatic heterocycles. The molecule has 0 fully saturated rings. The first-order chi connectivity index (χ1) is 11.6. The Morgan fingerprint density at radius 3 is 2.08 bits per heavy atom. The number of hydrogen-bond acceptors (Lipinski definition) is 2. The second-order valence-electron chi connectivity index (χ2n) is 5.70. The van der Waals surface area contributed by atoms with Crippen LogP contribution in [0.4, 0.5) is 32.0 Å². The maximum Gasteiger partial charge on any atom is 0.416 e. The van der Waals surface area contributed by atoms with Gasteiger partial charge in [0, 0.05) is 12.2 Å². The fourth-order valence-electron chi connectivity index (χ4n) is 2.64. The fraction of sp³-hybridized carbons (Fsp3) is 0.294. The van der Waals surface area contributed by atoms with Crippen molar-refractivity contribution in [1.82, 2.24) is 0 Å². The SMILES string of the molecule is Cl.FC(F)(F)c1cc(COc2ccc3c(c2)CCN3)cc(C(F)(F)F)c1. The number of rotatable bonds is 3. The summed E-state index contributed by atoms with van der Waals surface area (Å²) in [6, 6.07) is 6.56. The van der Waals surface area contributed by atoms with Gasteiger partial charge < -0.3 is 10.1 Å². The van der Waals surface area contributed by atoms with Crippen LogP contribution < -0.4 is 10.1 Å². The van der Waals surface area contributed by atoms with Crippen molar-refractivity contribution >= 4 is 18.1 Å². The van der Waals surface area contributed by atoms with Gasteiger partial charge in [0.05, 0.1) is 11.1 Å². The first kappa shape index (κ1) is 20.2. The lowest BCUT2D eigenvalue weighted by atomic mass is 10.1. The van der Waals surface area contributed by atoms with Crippen molar-refractivity contribution in [1.29, 1.82) is 0 Å². The Hall–Kier alpha value is -2.09. The molecule has 0 unspecified atom stereocenters. The minimum atomic E-state index is -4.87. The number of hydrogen-bond donors (Lipinski definition) is 1. The van der Waals surface area contributed by atoms with Gasteiger partial charge in [-0.25, -0.2) is 0 Å². The van der Waals surface area contributed by atoms with Crippen molar-refractivity contribution in [3.8, 4) is 5.75 Å². The van der Waals surface area contributed by atoms with Gasteiger partial charge in [-0.1, -0.05) is 0 Å². The molecule has 1 N–H and O–H groups in total. The van der Waals surface area contributed by atoms with Crippen molar-refractivity contribution in [2.75, 3.05) is 11.9 Å². The van der Waals surface area contributed by atoms with Crippen LogP contribution in [0.1, 0.15) is 22.3 Å². The number of anilines is 1. The minimum absolute atomic E-state index is 0. The van der Waals surface area contributed by atoms with Crippen LogP contribution in [0.5, 0.6) is 5.75 Å². The third-order valence-electron chi connectivity index (χ3n) is 3.84. The first-order valence-electron chi connectivity index (χ1n) is 7.41. The molecule has 2 nitrogen and oxygen atoms in total. The predicted molar refractivity (Wildman–Crippen MR) is 86.7 cm³/mol. The van der Waals surface area contributed by atoms with E-state index in [0.717, 1.165) is 24.2 Å². The average Bonchev–Trinajstić information content (AvgIpc) is 2.98. The number of ether oxygens (including phenoxy) is 1. The molecule has 2 aromatic rings. The Kier molecular flexibility index (Phi) is 5.65. The molecule has 0 saturated carbocycles. The molecule has 0 bridgehead atoms. The highest BCUT2D eigenvalue weighted by molar-refractivity contribution is 5.85. The molecule has 26 heavy (non-hydrogen) atoms. The van der Waals surface area contributed by atoms with Crippen LogP contribution in [-0.2, 0) is 25.4 Å². The summed E-state index contributed by atoms with van der Waals surface area (Å²) in [5.74, 6) is 0.397. The summed E-state index contributed by atoms with van der Waals surface area (Å²) in [6.07, 6.45) is -8.95. The summed E-state index contributed by atoms with van der Waals surface area (Å²) < 4.78 is 82.4. The van der Waals surface area contributed by atoms with Gasteiger partial charge in [0.15, 0.2) is 0 Å². The highest BCUT2D eigenvalue weighted by Gasteiger charge is 2.36. The summed E-state index contributed by atoms with van der Waals surface area (Å²) in [4.78, 5) is 0. The molecule has 0 atom stereocenters. The highest BCUT2D eigenvalue weighted by Crippen LogP contribution is 2.36. The molecule has 1 heterocycles. The molecule has 0 aliphatic carbocycles. The van der Waals surface area contributed by atoms with E-state index < -0.39 is 23.5 Å². The normalized spacial score (nSPS) is 13.6. The Balaban J connectivity index is 0.00000243. The quantitative estimate of drug-likeness (QED) is 0.671. The second kappa shape index (κ2) is 7.26. The first-order valence-corrected chi connectivity index (χ1v) is 7.41. The molecular weight excluding hydrogens is 384 g/mol. The van der Waals surface area contributed by atoms with Crippen molar-refractivity contribution in [3.05, 3.63) is 58.7 Å². The molecule has 1 aliphatic rings. The van der Waals surface area contributed by atoms with E-state index in [1.165, 1.54) is 0 Å². The zero-order valence-corrected chi connectivity index (χ0v) is 14.0. The molecule has 9 heteroatoms. The lowest BCUT2D eigenvalue weighted by molar-refractivity contribution is -0.143. The van der Waals surface area contributed by atoms with Crippen LogP contribution in [0.3, 0.4) is 0 Å². The van der Waals surface area contributed by atoms with Gasteiger partial charge in [0.25, 0.3) is 0 Å². The standard InChI is InChI=1S/C17H13F6NO.ClH/c18-16(19,20)12-5-10(6-13(8-12)17(21,22)23)9-25-14-1-2-15-11(7-14)3-4-24-15;/h1-2,5-8,24H,3-4,9H2;1H. The Morgan fingerprint density at radius 1 is 0.885 bits per heavy atom. The predicted octanol–water partition coefficient (Wildman–Crippen LogP) is 5.69. The van der Waals surface area contributed by atoms with E-state index in [-0.39, 0.29) is 30.6 Å². The zero-order valence-electron chi connectivity index (χ0n) is 13.2. The summed E-state index contributed by atoms with van der Waals surface area (Å²) >= 11 is 0. The van der Waals surface area contributed by atoms with Gasteiger partial charge in [0.1, 0.15) is 12.4 Å². The molecule has 3 rings (SSSR count). The molecule has 0 spiro atoms. The van der Waals surface area contributed by atoms with Crippen LogP contribution in [0.25, 0.3) is 0 Å². The number of halogens is 7. The molecule has 142 valence electrons. The zero-order chi connectivity index (χ0) is 18.2. The summed E-state index contributed by atoms with van der Waals surface area (Å²) in [6.45, 7) is 0.389. The summed E-state index contributed by atoms with van der Waals surface area (Å²) in [7, 11) is 0. The van der Waals surface area contributed by atoms with Crippen molar-refractivity contribution < 1.29 is 31.1 Å². The van der Waals surface area contributed by atoms with Crippen LogP contribution in [0.15, 0.2) is 36.4 Å². The molecular formula is C17H14ClF6NO. The van der Waals surface area contributed by atoms with Crippen molar-refractivity contribution in [2.45, 2.75) is 25.4 Å². The van der Waals surface area contributed by atoms with E-state index >= 15 is 0 Å². The van der Waals surface area contributed by atoms with Crippen LogP contribution >= 0.6 is 12.4 Å². The van der Waals surface area contributed by atoms with Gasteiger partial charge >= 0.3 is 12.4 Å². The highest BCUT2D eigenvalue weighted by atomic mass is 35.5. The van der Waals surface area contributed by atoms with E-state index in [4.69, 9.17) is 4.74 Å². The van der Waals surface area contributed by atoms with E-state index in [1.807, 2.05) is 0 Å². The van der Waals surface area contributed by atoms with Gasteiger partial charge in [0.2, 0.25) is 0 Å². The third-order valence-corrected chi connectivity index (χ3v) is 3.84. The molecule has 2 aromatic carbocycles. The topological polar surface area (TPSA) is 21.3 Å². The van der Waals surface area contributed by atoms with Crippen molar-refractivity contribution in [2.24, 2.45) is 0 Å². The van der Waals surface area contributed by atoms with Gasteiger partial charge in [-0.3, -0.25) is 0 Å². The van der Waals surface area contributed by atoms with E-state index in [2.05, 4.69) is 5.32 Å². The molecule has 0 radical (unpaired) electrons. The number of alkyl halides is 6. The largest absolute Gasteiger partial charge is 0.489 e. The van der Waals surface area contributed by atoms with Crippen molar-refractivity contribution in [3.63, 3.8) is 0 Å². The van der Waals surface area contributed by atoms with Crippen LogP contribution in [-0.4, -0.2) is 6.54 Å². The Bertz CT molecular complexity index is 756. The van der Waals surface area contributed by atoms with Gasteiger partial charge in [-0.15, -0.1) is 12.4 Å². The lowest BCUT2D eigenvalue weighted by Gasteiger charge is -2.15. The molecule has 0 aromatic heterocycles. The number of fused-ring (bicyclic) bond motifs is 1. The number of nitrogens with one attached hydrogen (secondary N) is 1. The molecule has 0 amide bonds. The van der Waals surface area contributed by atoms with Crippen LogP contribution in [0.2, 0.25) is 0 Å². The lowest BCUT2D eigenvalue weighted by Crippen LogP contribution is -2.12. The third kappa shape index (κ3) is 4.55. The average molecular weight is 398 g/mol. The second-order valence-corrected chi connectivity index (χ2v) is 5.70. The summed E-state index contributed by atoms with van der Waals surface area (Å²) in [5.41, 5.74) is -0.942. The number of benzene rings is 2. The smallest absolute Gasteiger partial charge is 0.416 e. The monoisotopic (exact) mass is 397 g/mol. The van der Waals surface area contributed by atoms with E-state index in [9.17, 15) is 26.3 Å². The maximum absolute atomic E-state index is 12.8. The van der Waals surface area contributed by atoms with Crippen LogP contribution in [0, 0.1) is 0 Å². The fourth-order valence-corrected chi connectivity index (χ4v) is 2.64. The van der Waals surface area contributed by atoms with E-state index in [0.29, 0.717) is 17.9 Å². The van der Waals surface area contributed by atoms with Gasteiger partial charge in [-0.05, 0) is 53.9 Å². The maximum atomic E-state index is 12.8. The minimum Gasteiger partial charge on any atom is -0.489 e. The molecule has 0 saturated heterocycles. The van der Waals surface area contributed by atoms with Gasteiger partial charge in [-0.2, -0.15) is 26.3 Å². The van der Waals surface area contributed by atoms with E-state index in [1.54, 1.807) is 18.2 Å². The Labute approximate surface area is 151 Å². The summed E-state index contributed by atoms with van der Waals surface area (Å²) in [5, 5.41) is 3.14. The Morgan fingerprint density at radius 2 is 1.50 bits per heavy atom.